The van der Waals surface area contributed by atoms with Crippen molar-refractivity contribution in [1.82, 2.24) is 15.1 Å². The van der Waals surface area contributed by atoms with Crippen LogP contribution < -0.4 is 5.32 Å². The van der Waals surface area contributed by atoms with E-state index in [0.29, 0.717) is 32.4 Å². The van der Waals surface area contributed by atoms with Crippen LogP contribution in [0.5, 0.6) is 0 Å². The van der Waals surface area contributed by atoms with Crippen LogP contribution in [0.25, 0.3) is 0 Å². The summed E-state index contributed by atoms with van der Waals surface area (Å²) >= 11 is 0. The van der Waals surface area contributed by atoms with Gasteiger partial charge in [0.2, 0.25) is 11.8 Å². The first-order chi connectivity index (χ1) is 13.0. The van der Waals surface area contributed by atoms with Crippen LogP contribution in [-0.2, 0) is 20.8 Å². The van der Waals surface area contributed by atoms with Crippen molar-refractivity contribution in [3.8, 4) is 0 Å². The molecule has 1 aliphatic carbocycles. The maximum absolute atomic E-state index is 13.0. The van der Waals surface area contributed by atoms with Crippen molar-refractivity contribution in [2.45, 2.75) is 43.8 Å². The Labute approximate surface area is 158 Å². The number of benzene rings is 1. The van der Waals surface area contributed by atoms with Crippen molar-refractivity contribution in [2.75, 3.05) is 19.6 Å². The van der Waals surface area contributed by atoms with Crippen molar-refractivity contribution in [2.24, 2.45) is 5.92 Å². The molecule has 144 valence electrons. The standard InChI is InChI=1S/C20H25N3O4/c24-17(25)13-23-19(27)16(12-14-4-2-1-3-5-14)21-20(23)8-10-22(11-9-20)18(26)15-6-7-15/h1-5,15-16,21H,6-13H2,(H,24,25). The molecule has 2 heterocycles. The number of carbonyl (C=O) groups excluding carboxylic acids is 2. The SMILES string of the molecule is O=C(O)CN1C(=O)C(Cc2ccccc2)NC12CCN(C(=O)C1CC1)CC2. The minimum Gasteiger partial charge on any atom is -0.480 e. The van der Waals surface area contributed by atoms with Gasteiger partial charge in [0.15, 0.2) is 0 Å². The monoisotopic (exact) mass is 371 g/mol. The normalized spacial score (nSPS) is 24.4. The molecule has 2 N–H and O–H groups in total. The number of piperidine rings is 1. The Morgan fingerprint density at radius 1 is 1.15 bits per heavy atom. The van der Waals surface area contributed by atoms with Crippen LogP contribution in [0.1, 0.15) is 31.2 Å². The van der Waals surface area contributed by atoms with E-state index in [1.54, 1.807) is 0 Å². The van der Waals surface area contributed by atoms with Gasteiger partial charge in [-0.1, -0.05) is 30.3 Å². The zero-order valence-electron chi connectivity index (χ0n) is 15.3. The van der Waals surface area contributed by atoms with E-state index >= 15 is 0 Å². The second-order valence-electron chi connectivity index (χ2n) is 7.84. The highest BCUT2D eigenvalue weighted by atomic mass is 16.4. The fourth-order valence-corrected chi connectivity index (χ4v) is 4.32. The smallest absolute Gasteiger partial charge is 0.323 e. The molecule has 1 aromatic carbocycles. The van der Waals surface area contributed by atoms with Crippen LogP contribution in [0.15, 0.2) is 30.3 Å². The molecule has 0 aromatic heterocycles. The van der Waals surface area contributed by atoms with Crippen LogP contribution in [0.3, 0.4) is 0 Å². The average molecular weight is 371 g/mol. The summed E-state index contributed by atoms with van der Waals surface area (Å²) < 4.78 is 0. The van der Waals surface area contributed by atoms with Gasteiger partial charge < -0.3 is 14.9 Å². The molecule has 0 bridgehead atoms. The molecule has 7 heteroatoms. The zero-order chi connectivity index (χ0) is 19.0. The molecule has 1 unspecified atom stereocenters. The van der Waals surface area contributed by atoms with Gasteiger partial charge in [0.1, 0.15) is 6.54 Å². The molecular formula is C20H25N3O4. The van der Waals surface area contributed by atoms with E-state index in [4.69, 9.17) is 0 Å². The number of aliphatic carboxylic acids is 1. The summed E-state index contributed by atoms with van der Waals surface area (Å²) in [6.45, 7) is 0.807. The first kappa shape index (κ1) is 18.0. The van der Waals surface area contributed by atoms with Crippen LogP contribution in [0.2, 0.25) is 0 Å². The summed E-state index contributed by atoms with van der Waals surface area (Å²) in [7, 11) is 0. The summed E-state index contributed by atoms with van der Waals surface area (Å²) in [6.07, 6.45) is 3.61. The van der Waals surface area contributed by atoms with Gasteiger partial charge in [-0.25, -0.2) is 0 Å². The number of nitrogens with zero attached hydrogens (tertiary/aromatic N) is 2. The fourth-order valence-electron chi connectivity index (χ4n) is 4.32. The van der Waals surface area contributed by atoms with Crippen molar-refractivity contribution in [1.29, 1.82) is 0 Å². The molecule has 27 heavy (non-hydrogen) atoms. The largest absolute Gasteiger partial charge is 0.480 e. The maximum atomic E-state index is 13.0. The lowest BCUT2D eigenvalue weighted by molar-refractivity contribution is -0.148. The van der Waals surface area contributed by atoms with Gasteiger partial charge in [-0.15, -0.1) is 0 Å². The van der Waals surface area contributed by atoms with Crippen LogP contribution in [0.4, 0.5) is 0 Å². The van der Waals surface area contributed by atoms with Gasteiger partial charge >= 0.3 is 5.97 Å². The summed E-state index contributed by atoms with van der Waals surface area (Å²) in [6, 6.07) is 9.30. The third-order valence-electron chi connectivity index (χ3n) is 5.93. The topological polar surface area (TPSA) is 89.9 Å². The minimum absolute atomic E-state index is 0.164. The van der Waals surface area contributed by atoms with E-state index in [1.165, 1.54) is 4.90 Å². The van der Waals surface area contributed by atoms with E-state index in [1.807, 2.05) is 35.2 Å². The molecule has 4 rings (SSSR count). The van der Waals surface area contributed by atoms with Crippen molar-refractivity contribution in [3.63, 3.8) is 0 Å². The Morgan fingerprint density at radius 3 is 2.41 bits per heavy atom. The third-order valence-corrected chi connectivity index (χ3v) is 5.93. The Hall–Kier alpha value is -2.41. The maximum Gasteiger partial charge on any atom is 0.323 e. The molecule has 3 fully saturated rings. The number of likely N-dealkylation sites (tertiary alicyclic amines) is 1. The number of carbonyl (C=O) groups is 3. The fraction of sp³-hybridized carbons (Fsp3) is 0.550. The number of rotatable bonds is 5. The second-order valence-corrected chi connectivity index (χ2v) is 7.84. The van der Waals surface area contributed by atoms with E-state index in [-0.39, 0.29) is 24.3 Å². The second kappa shape index (κ2) is 6.96. The van der Waals surface area contributed by atoms with E-state index < -0.39 is 17.7 Å². The molecule has 2 saturated heterocycles. The van der Waals surface area contributed by atoms with Crippen molar-refractivity contribution >= 4 is 17.8 Å². The van der Waals surface area contributed by atoms with Crippen molar-refractivity contribution < 1.29 is 19.5 Å². The summed E-state index contributed by atoms with van der Waals surface area (Å²) in [5.74, 6) is -0.789. The predicted octanol–water partition coefficient (Wildman–Crippen LogP) is 0.843. The number of amides is 2. The quantitative estimate of drug-likeness (QED) is 0.801. The number of hydrogen-bond donors (Lipinski definition) is 2. The van der Waals surface area contributed by atoms with Crippen LogP contribution in [-0.4, -0.2) is 64.0 Å². The van der Waals surface area contributed by atoms with E-state index in [0.717, 1.165) is 18.4 Å². The molecule has 1 atom stereocenters. The molecular weight excluding hydrogens is 346 g/mol. The van der Waals surface area contributed by atoms with Gasteiger partial charge in [-0.2, -0.15) is 0 Å². The highest BCUT2D eigenvalue weighted by Gasteiger charge is 2.52. The van der Waals surface area contributed by atoms with Crippen LogP contribution >= 0.6 is 0 Å². The number of hydrogen-bond acceptors (Lipinski definition) is 4. The molecule has 2 aliphatic heterocycles. The van der Waals surface area contributed by atoms with Crippen LogP contribution in [0, 0.1) is 5.92 Å². The minimum atomic E-state index is -1.01. The van der Waals surface area contributed by atoms with E-state index in [2.05, 4.69) is 5.32 Å². The van der Waals surface area contributed by atoms with Gasteiger partial charge in [0, 0.05) is 31.8 Å². The molecule has 1 aromatic rings. The van der Waals surface area contributed by atoms with Gasteiger partial charge in [-0.05, 0) is 24.8 Å². The molecule has 1 spiro atoms. The Bertz CT molecular complexity index is 739. The molecule has 1 saturated carbocycles. The molecule has 0 radical (unpaired) electrons. The third kappa shape index (κ3) is 3.56. The summed E-state index contributed by atoms with van der Waals surface area (Å²) in [5.41, 5.74) is 0.368. The first-order valence-corrected chi connectivity index (χ1v) is 9.62. The molecule has 7 nitrogen and oxygen atoms in total. The number of carboxylic acids is 1. The predicted molar refractivity (Wildman–Crippen MR) is 97.7 cm³/mol. The van der Waals surface area contributed by atoms with Gasteiger partial charge in [-0.3, -0.25) is 19.7 Å². The lowest BCUT2D eigenvalue weighted by atomic mass is 9.95. The van der Waals surface area contributed by atoms with Gasteiger partial charge in [0.05, 0.1) is 11.7 Å². The summed E-state index contributed by atoms with van der Waals surface area (Å²) in [5, 5.41) is 12.8. The summed E-state index contributed by atoms with van der Waals surface area (Å²) in [4.78, 5) is 40.0. The number of carboxylic acid groups (broad SMARTS) is 1. The Kier molecular flexibility index (Phi) is 4.63. The first-order valence-electron chi connectivity index (χ1n) is 9.62. The average Bonchev–Trinajstić information content (AvgIpc) is 3.48. The lowest BCUT2D eigenvalue weighted by Gasteiger charge is -2.44. The highest BCUT2D eigenvalue weighted by molar-refractivity contribution is 5.88. The zero-order valence-corrected chi connectivity index (χ0v) is 15.3. The lowest BCUT2D eigenvalue weighted by Crippen LogP contribution is -2.60. The molecule has 2 amide bonds. The Balaban J connectivity index is 1.50. The Morgan fingerprint density at radius 2 is 1.81 bits per heavy atom. The van der Waals surface area contributed by atoms with Gasteiger partial charge in [0.25, 0.3) is 0 Å². The van der Waals surface area contributed by atoms with Crippen molar-refractivity contribution in [3.05, 3.63) is 35.9 Å². The number of nitrogens with one attached hydrogen (secondary N) is 1. The highest BCUT2D eigenvalue weighted by Crippen LogP contribution is 2.36. The molecule has 3 aliphatic rings. The van der Waals surface area contributed by atoms with E-state index in [9.17, 15) is 19.5 Å².